The molecule has 0 radical (unpaired) electrons. The molecule has 4 heteroatoms. The Kier molecular flexibility index (Phi) is 6.05. The number of hydrogen-bond donors (Lipinski definition) is 1. The minimum absolute atomic E-state index is 0.666. The first-order valence-electron chi connectivity index (χ1n) is 6.61. The van der Waals surface area contributed by atoms with Crippen molar-refractivity contribution in [3.8, 4) is 0 Å². The molecule has 0 aliphatic carbocycles. The van der Waals surface area contributed by atoms with Crippen molar-refractivity contribution in [3.05, 3.63) is 12.0 Å². The number of anilines is 1. The zero-order valence-corrected chi connectivity index (χ0v) is 11.5. The van der Waals surface area contributed by atoms with E-state index in [0.29, 0.717) is 5.92 Å². The second-order valence-electron chi connectivity index (χ2n) is 4.45. The molecule has 0 amide bonds. The van der Waals surface area contributed by atoms with Crippen LogP contribution in [0.1, 0.15) is 39.8 Å². The van der Waals surface area contributed by atoms with Gasteiger partial charge in [0.2, 0.25) is 0 Å². The van der Waals surface area contributed by atoms with Crippen LogP contribution < -0.4 is 10.2 Å². The van der Waals surface area contributed by atoms with E-state index in [9.17, 15) is 0 Å². The molecule has 0 aliphatic heterocycles. The van der Waals surface area contributed by atoms with Crippen LogP contribution >= 0.6 is 0 Å². The van der Waals surface area contributed by atoms with Crippen molar-refractivity contribution in [2.45, 2.75) is 40.7 Å². The molecule has 1 atom stereocenters. The molecule has 0 spiro atoms. The van der Waals surface area contributed by atoms with Crippen molar-refractivity contribution in [1.82, 2.24) is 10.3 Å². The Labute approximate surface area is 104 Å². The highest BCUT2D eigenvalue weighted by atomic mass is 16.4. The molecule has 0 bridgehead atoms. The standard InChI is InChI=1S/C13H25N3O/c1-5-11(4)9-16(7-3)13-15-12(10-17-13)8-14-6-2/h10-11,14H,5-9H2,1-4H3. The smallest absolute Gasteiger partial charge is 0.297 e. The normalized spacial score (nSPS) is 12.7. The van der Waals surface area contributed by atoms with Gasteiger partial charge >= 0.3 is 0 Å². The van der Waals surface area contributed by atoms with Crippen LogP contribution in [0, 0.1) is 5.92 Å². The quantitative estimate of drug-likeness (QED) is 0.757. The monoisotopic (exact) mass is 239 g/mol. The molecule has 0 fully saturated rings. The van der Waals surface area contributed by atoms with Gasteiger partial charge in [0, 0.05) is 19.6 Å². The maximum Gasteiger partial charge on any atom is 0.297 e. The van der Waals surface area contributed by atoms with Crippen LogP contribution in [0.2, 0.25) is 0 Å². The van der Waals surface area contributed by atoms with Gasteiger partial charge < -0.3 is 14.6 Å². The van der Waals surface area contributed by atoms with E-state index < -0.39 is 0 Å². The first-order chi connectivity index (χ1) is 8.21. The van der Waals surface area contributed by atoms with E-state index >= 15 is 0 Å². The lowest BCUT2D eigenvalue weighted by molar-refractivity contribution is 0.490. The summed E-state index contributed by atoms with van der Waals surface area (Å²) in [5.74, 6) is 0.666. The third-order valence-corrected chi connectivity index (χ3v) is 2.98. The van der Waals surface area contributed by atoms with E-state index in [1.165, 1.54) is 6.42 Å². The van der Waals surface area contributed by atoms with Crippen LogP contribution in [-0.2, 0) is 6.54 Å². The van der Waals surface area contributed by atoms with E-state index in [1.54, 1.807) is 6.26 Å². The largest absolute Gasteiger partial charge is 0.432 e. The number of oxazole rings is 1. The van der Waals surface area contributed by atoms with Gasteiger partial charge in [0.05, 0.1) is 5.69 Å². The molecule has 1 N–H and O–H groups in total. The number of rotatable bonds is 8. The summed E-state index contributed by atoms with van der Waals surface area (Å²) >= 11 is 0. The van der Waals surface area contributed by atoms with E-state index in [2.05, 4.69) is 42.9 Å². The molecule has 1 aromatic heterocycles. The van der Waals surface area contributed by atoms with Gasteiger partial charge in [0.15, 0.2) is 0 Å². The highest BCUT2D eigenvalue weighted by Crippen LogP contribution is 2.16. The summed E-state index contributed by atoms with van der Waals surface area (Å²) < 4.78 is 5.53. The van der Waals surface area contributed by atoms with Crippen LogP contribution in [0.3, 0.4) is 0 Å². The third kappa shape index (κ3) is 4.38. The number of aromatic nitrogens is 1. The Bertz CT molecular complexity index is 311. The summed E-state index contributed by atoms with van der Waals surface area (Å²) in [7, 11) is 0. The molecule has 1 rings (SSSR count). The predicted octanol–water partition coefficient (Wildman–Crippen LogP) is 2.66. The van der Waals surface area contributed by atoms with Crippen molar-refractivity contribution in [1.29, 1.82) is 0 Å². The number of nitrogens with one attached hydrogen (secondary N) is 1. The van der Waals surface area contributed by atoms with Crippen molar-refractivity contribution >= 4 is 6.01 Å². The molecule has 17 heavy (non-hydrogen) atoms. The highest BCUT2D eigenvalue weighted by Gasteiger charge is 2.13. The average Bonchev–Trinajstić information content (AvgIpc) is 2.81. The summed E-state index contributed by atoms with van der Waals surface area (Å²) in [4.78, 5) is 6.70. The van der Waals surface area contributed by atoms with Gasteiger partial charge in [-0.2, -0.15) is 4.98 Å². The first kappa shape index (κ1) is 14.0. The van der Waals surface area contributed by atoms with Crippen LogP contribution in [0.15, 0.2) is 10.7 Å². The van der Waals surface area contributed by atoms with Crippen molar-refractivity contribution < 1.29 is 4.42 Å². The van der Waals surface area contributed by atoms with E-state index in [0.717, 1.165) is 37.9 Å². The van der Waals surface area contributed by atoms with Gasteiger partial charge in [-0.15, -0.1) is 0 Å². The minimum Gasteiger partial charge on any atom is -0.432 e. The molecule has 0 aromatic carbocycles. The maximum atomic E-state index is 5.53. The summed E-state index contributed by atoms with van der Waals surface area (Å²) in [6.07, 6.45) is 2.93. The number of hydrogen-bond acceptors (Lipinski definition) is 4. The lowest BCUT2D eigenvalue weighted by Gasteiger charge is -2.21. The van der Waals surface area contributed by atoms with Crippen molar-refractivity contribution in [2.24, 2.45) is 5.92 Å². The Morgan fingerprint density at radius 3 is 2.76 bits per heavy atom. The highest BCUT2D eigenvalue weighted by molar-refractivity contribution is 5.26. The molecular weight excluding hydrogens is 214 g/mol. The molecule has 0 saturated carbocycles. The molecule has 1 unspecified atom stereocenters. The molecule has 1 aromatic rings. The Morgan fingerprint density at radius 2 is 2.18 bits per heavy atom. The predicted molar refractivity (Wildman–Crippen MR) is 71.2 cm³/mol. The average molecular weight is 239 g/mol. The van der Waals surface area contributed by atoms with Crippen LogP contribution in [0.5, 0.6) is 0 Å². The molecule has 1 heterocycles. The topological polar surface area (TPSA) is 41.3 Å². The molecule has 0 aliphatic rings. The molecule has 4 nitrogen and oxygen atoms in total. The summed E-state index contributed by atoms with van der Waals surface area (Å²) in [6, 6.07) is 0.751. The molecular formula is C13H25N3O. The van der Waals surface area contributed by atoms with E-state index in [1.807, 2.05) is 0 Å². The van der Waals surface area contributed by atoms with Crippen LogP contribution in [0.4, 0.5) is 6.01 Å². The maximum absolute atomic E-state index is 5.53. The third-order valence-electron chi connectivity index (χ3n) is 2.98. The summed E-state index contributed by atoms with van der Waals surface area (Å²) in [6.45, 7) is 12.4. The Morgan fingerprint density at radius 1 is 1.41 bits per heavy atom. The number of nitrogens with zero attached hydrogens (tertiary/aromatic N) is 2. The van der Waals surface area contributed by atoms with E-state index in [-0.39, 0.29) is 0 Å². The Balaban J connectivity index is 2.58. The van der Waals surface area contributed by atoms with Crippen LogP contribution in [0.25, 0.3) is 0 Å². The van der Waals surface area contributed by atoms with Crippen molar-refractivity contribution in [2.75, 3.05) is 24.5 Å². The van der Waals surface area contributed by atoms with Gasteiger partial charge in [-0.25, -0.2) is 0 Å². The zero-order valence-electron chi connectivity index (χ0n) is 11.5. The van der Waals surface area contributed by atoms with Crippen LogP contribution in [-0.4, -0.2) is 24.6 Å². The second kappa shape index (κ2) is 7.33. The van der Waals surface area contributed by atoms with Gasteiger partial charge in [-0.1, -0.05) is 27.2 Å². The summed E-state index contributed by atoms with van der Waals surface area (Å²) in [5.41, 5.74) is 0.976. The fraction of sp³-hybridized carbons (Fsp3) is 0.769. The SMILES string of the molecule is CCNCc1coc(N(CC)CC(C)CC)n1. The van der Waals surface area contributed by atoms with E-state index in [4.69, 9.17) is 4.42 Å². The fourth-order valence-corrected chi connectivity index (χ4v) is 1.62. The van der Waals surface area contributed by atoms with Gasteiger partial charge in [0.25, 0.3) is 6.01 Å². The Hall–Kier alpha value is -1.03. The molecule has 98 valence electrons. The zero-order chi connectivity index (χ0) is 12.7. The summed E-state index contributed by atoms with van der Waals surface area (Å²) in [5, 5.41) is 3.25. The minimum atomic E-state index is 0.666. The van der Waals surface area contributed by atoms with Gasteiger partial charge in [-0.3, -0.25) is 0 Å². The van der Waals surface area contributed by atoms with Gasteiger partial charge in [0.1, 0.15) is 6.26 Å². The van der Waals surface area contributed by atoms with Gasteiger partial charge in [-0.05, 0) is 19.4 Å². The first-order valence-corrected chi connectivity index (χ1v) is 6.61. The lowest BCUT2D eigenvalue weighted by atomic mass is 10.1. The fourth-order valence-electron chi connectivity index (χ4n) is 1.62. The second-order valence-corrected chi connectivity index (χ2v) is 4.45. The van der Waals surface area contributed by atoms with Crippen molar-refractivity contribution in [3.63, 3.8) is 0 Å². The molecule has 0 saturated heterocycles. The lowest BCUT2D eigenvalue weighted by Crippen LogP contribution is -2.28.